The number of nitrogens with one attached hydrogen (secondary N) is 3. The van der Waals surface area contributed by atoms with Crippen LogP contribution in [0.3, 0.4) is 0 Å². The number of benzene rings is 1. The first-order chi connectivity index (χ1) is 14.3. The van der Waals surface area contributed by atoms with Gasteiger partial charge in [-0.3, -0.25) is 19.4 Å². The Balaban J connectivity index is 1.64. The van der Waals surface area contributed by atoms with Crippen LogP contribution < -0.4 is 21.1 Å². The van der Waals surface area contributed by atoms with Gasteiger partial charge in [0.2, 0.25) is 17.8 Å². The number of carbonyl (C=O) groups is 2. The minimum atomic E-state index is -0.964. The number of carbonyl (C=O) groups excluding carboxylic acids is 2. The number of hydrogen-bond donors (Lipinski definition) is 3. The van der Waals surface area contributed by atoms with Crippen LogP contribution in [0.25, 0.3) is 0 Å². The van der Waals surface area contributed by atoms with Crippen LogP contribution in [0.15, 0.2) is 23.0 Å². The molecule has 0 aliphatic carbocycles. The van der Waals surface area contributed by atoms with E-state index in [1.165, 1.54) is 6.07 Å². The molecule has 4 rings (SSSR count). The van der Waals surface area contributed by atoms with Crippen LogP contribution in [-0.2, 0) is 9.59 Å². The van der Waals surface area contributed by atoms with Gasteiger partial charge in [-0.2, -0.15) is 4.98 Å². The van der Waals surface area contributed by atoms with Crippen molar-refractivity contribution in [2.45, 2.75) is 32.1 Å². The maximum atomic E-state index is 12.9. The zero-order valence-corrected chi connectivity index (χ0v) is 17.8. The van der Waals surface area contributed by atoms with E-state index in [-0.39, 0.29) is 28.7 Å². The highest BCUT2D eigenvalue weighted by atomic mass is 35.5. The first-order valence-corrected chi connectivity index (χ1v) is 10.5. The third-order valence-corrected chi connectivity index (χ3v) is 6.14. The molecule has 3 heterocycles. The van der Waals surface area contributed by atoms with Crippen molar-refractivity contribution in [1.82, 2.24) is 9.97 Å². The maximum Gasteiger partial charge on any atom is 0.258 e. The van der Waals surface area contributed by atoms with Crippen molar-refractivity contribution in [1.29, 1.82) is 0 Å². The lowest BCUT2D eigenvalue weighted by atomic mass is 9.92. The van der Waals surface area contributed by atoms with Gasteiger partial charge >= 0.3 is 0 Å². The van der Waals surface area contributed by atoms with E-state index in [1.807, 2.05) is 4.90 Å². The fraction of sp³-hybridized carbons (Fsp3) is 0.400. The molecule has 158 valence electrons. The number of hydrogen-bond acceptors (Lipinski definition) is 5. The molecule has 1 aromatic heterocycles. The molecule has 1 saturated heterocycles. The van der Waals surface area contributed by atoms with Crippen LogP contribution in [0.2, 0.25) is 10.0 Å². The van der Waals surface area contributed by atoms with Gasteiger partial charge in [0.15, 0.2) is 0 Å². The summed E-state index contributed by atoms with van der Waals surface area (Å²) in [5, 5.41) is 5.99. The average molecular weight is 450 g/mol. The van der Waals surface area contributed by atoms with E-state index >= 15 is 0 Å². The molecular formula is C20H21Cl2N5O3. The molecule has 0 unspecified atom stereocenters. The van der Waals surface area contributed by atoms with Gasteiger partial charge < -0.3 is 15.5 Å². The van der Waals surface area contributed by atoms with Gasteiger partial charge in [0.1, 0.15) is 5.82 Å². The highest BCUT2D eigenvalue weighted by Gasteiger charge is 2.35. The second kappa shape index (κ2) is 8.28. The lowest BCUT2D eigenvalue weighted by molar-refractivity contribution is -0.123. The number of nitrogens with zero attached hydrogens (tertiary/aromatic N) is 2. The van der Waals surface area contributed by atoms with Crippen molar-refractivity contribution >= 4 is 52.5 Å². The molecule has 0 spiro atoms. The summed E-state index contributed by atoms with van der Waals surface area (Å²) in [5.41, 5.74) is 0.147. The number of halogens is 2. The van der Waals surface area contributed by atoms with E-state index in [4.69, 9.17) is 23.2 Å². The van der Waals surface area contributed by atoms with Crippen molar-refractivity contribution < 1.29 is 9.59 Å². The molecule has 10 heteroatoms. The lowest BCUT2D eigenvalue weighted by Gasteiger charge is -2.32. The topological polar surface area (TPSA) is 107 Å². The van der Waals surface area contributed by atoms with Crippen LogP contribution in [0.4, 0.5) is 17.5 Å². The van der Waals surface area contributed by atoms with Gasteiger partial charge in [0, 0.05) is 25.2 Å². The molecule has 2 amide bonds. The molecule has 3 N–H and O–H groups in total. The molecule has 1 fully saturated rings. The normalized spacial score (nSPS) is 21.0. The van der Waals surface area contributed by atoms with Gasteiger partial charge in [-0.1, -0.05) is 30.1 Å². The molecule has 0 saturated carbocycles. The maximum absolute atomic E-state index is 12.9. The molecule has 2 aliphatic heterocycles. The van der Waals surface area contributed by atoms with E-state index < -0.39 is 17.4 Å². The summed E-state index contributed by atoms with van der Waals surface area (Å²) in [7, 11) is 0. The quantitative estimate of drug-likeness (QED) is 0.665. The van der Waals surface area contributed by atoms with E-state index in [0.717, 1.165) is 25.9 Å². The van der Waals surface area contributed by atoms with E-state index in [1.54, 1.807) is 12.1 Å². The van der Waals surface area contributed by atoms with E-state index in [9.17, 15) is 14.4 Å². The van der Waals surface area contributed by atoms with Crippen LogP contribution in [-0.4, -0.2) is 34.9 Å². The predicted molar refractivity (Wildman–Crippen MR) is 117 cm³/mol. The molecular weight excluding hydrogens is 429 g/mol. The molecule has 2 aromatic rings. The molecule has 0 radical (unpaired) electrons. The molecule has 0 bridgehead atoms. The first-order valence-electron chi connectivity index (χ1n) is 9.76. The second-order valence-corrected chi connectivity index (χ2v) is 8.58. The predicted octanol–water partition coefficient (Wildman–Crippen LogP) is 3.38. The van der Waals surface area contributed by atoms with Gasteiger partial charge in [-0.25, -0.2) is 0 Å². The summed E-state index contributed by atoms with van der Waals surface area (Å²) in [6, 6.07) is 4.66. The Hall–Kier alpha value is -2.58. The van der Waals surface area contributed by atoms with Gasteiger partial charge in [0.05, 0.1) is 21.5 Å². The van der Waals surface area contributed by atoms with Crippen LogP contribution >= 0.6 is 23.2 Å². The van der Waals surface area contributed by atoms with Crippen molar-refractivity contribution in [2.24, 2.45) is 5.92 Å². The number of fused-ring (bicyclic) bond motifs is 1. The van der Waals surface area contributed by atoms with Gasteiger partial charge in [-0.05, 0) is 37.0 Å². The SMILES string of the molecule is C[C@H]1CCCN(c2nc3c(c(=O)[nH]2)[C@@H](C(=O)Nc2ccc(Cl)c(Cl)c2)CC(=O)N3)C1. The fourth-order valence-corrected chi connectivity index (χ4v) is 4.22. The Kier molecular flexibility index (Phi) is 5.71. The number of rotatable bonds is 3. The Morgan fingerprint density at radius 1 is 1.27 bits per heavy atom. The zero-order chi connectivity index (χ0) is 21.4. The van der Waals surface area contributed by atoms with E-state index in [2.05, 4.69) is 27.5 Å². The van der Waals surface area contributed by atoms with Gasteiger partial charge in [-0.15, -0.1) is 0 Å². The van der Waals surface area contributed by atoms with E-state index in [0.29, 0.717) is 22.6 Å². The van der Waals surface area contributed by atoms with Crippen LogP contribution in [0.5, 0.6) is 0 Å². The zero-order valence-electron chi connectivity index (χ0n) is 16.3. The van der Waals surface area contributed by atoms with Crippen molar-refractivity contribution in [3.05, 3.63) is 44.2 Å². The number of H-pyrrole nitrogens is 1. The summed E-state index contributed by atoms with van der Waals surface area (Å²) in [6.07, 6.45) is 1.98. The molecule has 30 heavy (non-hydrogen) atoms. The van der Waals surface area contributed by atoms with Gasteiger partial charge in [0.25, 0.3) is 5.56 Å². The summed E-state index contributed by atoms with van der Waals surface area (Å²) in [4.78, 5) is 47.3. The Morgan fingerprint density at radius 3 is 2.80 bits per heavy atom. The van der Waals surface area contributed by atoms with Crippen molar-refractivity contribution in [3.8, 4) is 0 Å². The smallest absolute Gasteiger partial charge is 0.258 e. The Labute approximate surface area is 183 Å². The largest absolute Gasteiger partial charge is 0.342 e. The Morgan fingerprint density at radius 2 is 2.07 bits per heavy atom. The molecule has 2 atom stereocenters. The molecule has 1 aromatic carbocycles. The number of aromatic nitrogens is 2. The van der Waals surface area contributed by atoms with Crippen LogP contribution in [0.1, 0.15) is 37.7 Å². The van der Waals surface area contributed by atoms with Crippen molar-refractivity contribution in [2.75, 3.05) is 28.6 Å². The number of piperidine rings is 1. The third kappa shape index (κ3) is 4.15. The molecule has 2 aliphatic rings. The lowest BCUT2D eigenvalue weighted by Crippen LogP contribution is -2.40. The monoisotopic (exact) mass is 449 g/mol. The summed E-state index contributed by atoms with van der Waals surface area (Å²) < 4.78 is 0. The highest BCUT2D eigenvalue weighted by Crippen LogP contribution is 2.32. The Bertz CT molecular complexity index is 1070. The van der Waals surface area contributed by atoms with Crippen molar-refractivity contribution in [3.63, 3.8) is 0 Å². The minimum Gasteiger partial charge on any atom is -0.342 e. The first kappa shape index (κ1) is 20.7. The minimum absolute atomic E-state index is 0.137. The number of aromatic amines is 1. The summed E-state index contributed by atoms with van der Waals surface area (Å²) in [6.45, 7) is 3.70. The third-order valence-electron chi connectivity index (χ3n) is 5.40. The number of anilines is 3. The molecule has 8 nitrogen and oxygen atoms in total. The summed E-state index contributed by atoms with van der Waals surface area (Å²) in [5.74, 6) is -0.786. The number of amides is 2. The average Bonchev–Trinajstić information content (AvgIpc) is 2.69. The van der Waals surface area contributed by atoms with Crippen LogP contribution in [0, 0.1) is 5.92 Å². The standard InChI is InChI=1S/C20H21Cl2N5O3/c1-10-3-2-6-27(9-10)20-25-17-16(19(30)26-20)12(8-15(28)24-17)18(29)23-11-4-5-13(21)14(22)7-11/h4-5,7,10,12H,2-3,6,8-9H2,1H3,(H,23,29)(H2,24,25,26,28,30)/t10-,12-/m0/s1. The highest BCUT2D eigenvalue weighted by molar-refractivity contribution is 6.42. The fourth-order valence-electron chi connectivity index (χ4n) is 3.92. The summed E-state index contributed by atoms with van der Waals surface area (Å²) >= 11 is 11.9. The second-order valence-electron chi connectivity index (χ2n) is 7.77.